The zero-order valence-electron chi connectivity index (χ0n) is 51.4. The summed E-state index contributed by atoms with van der Waals surface area (Å²) in [5.41, 5.74) is 18.0. The molecular weight excluding hydrogens is 1190 g/mol. The molecule has 2 unspecified atom stereocenters. The van der Waals surface area contributed by atoms with Crippen LogP contribution in [0.4, 0.5) is 0 Å². The number of piperidine rings is 1. The maximum Gasteiger partial charge on any atom is 0.246 e. The average Bonchev–Trinajstić information content (AvgIpc) is 2.21. The molecule has 0 bridgehead atoms. The summed E-state index contributed by atoms with van der Waals surface area (Å²) in [7, 11) is -2.34. The number of unbranched alkanes of at least 4 members (excludes halogenated alkanes) is 2. The highest BCUT2D eigenvalue weighted by Gasteiger charge is 2.45. The van der Waals surface area contributed by atoms with E-state index in [-0.39, 0.29) is 52.4 Å². The fourth-order valence-electron chi connectivity index (χ4n) is 11.9. The summed E-state index contributed by atoms with van der Waals surface area (Å²) in [5.74, 6) is -8.99. The molecule has 1 aromatic carbocycles. The lowest BCUT2D eigenvalue weighted by Crippen LogP contribution is -2.61. The van der Waals surface area contributed by atoms with Crippen LogP contribution in [0.25, 0.3) is 10.9 Å². The van der Waals surface area contributed by atoms with E-state index in [2.05, 4.69) is 42.2 Å². The van der Waals surface area contributed by atoms with E-state index in [4.69, 9.17) is 17.2 Å². The van der Waals surface area contributed by atoms with Crippen molar-refractivity contribution in [3.05, 3.63) is 23.3 Å². The smallest absolute Gasteiger partial charge is 0.246 e. The molecular formula is C59H93N13O15S2. The first-order valence-corrected chi connectivity index (χ1v) is 33.4. The lowest BCUT2D eigenvalue weighted by atomic mass is 9.81. The molecule has 4 aliphatic rings. The van der Waals surface area contributed by atoms with E-state index in [9.17, 15) is 68.4 Å². The van der Waals surface area contributed by atoms with Crippen molar-refractivity contribution in [2.24, 2.45) is 40.9 Å². The van der Waals surface area contributed by atoms with Crippen molar-refractivity contribution in [1.29, 1.82) is 0 Å². The number of likely N-dealkylation sites (tertiary alicyclic amines) is 1. The fourth-order valence-corrected chi connectivity index (χ4v) is 14.6. The van der Waals surface area contributed by atoms with Crippen molar-refractivity contribution in [3.8, 4) is 5.75 Å². The van der Waals surface area contributed by atoms with Crippen LogP contribution in [0.2, 0.25) is 0 Å². The van der Waals surface area contributed by atoms with Crippen LogP contribution >= 0.6 is 11.8 Å². The van der Waals surface area contributed by atoms with Crippen LogP contribution in [0, 0.1) is 23.7 Å². The molecule has 3 aliphatic heterocycles. The van der Waals surface area contributed by atoms with E-state index >= 15 is 4.21 Å². The van der Waals surface area contributed by atoms with E-state index in [1.165, 1.54) is 13.0 Å². The molecule has 1 aliphatic carbocycles. The maximum absolute atomic E-state index is 15.2. The summed E-state index contributed by atoms with van der Waals surface area (Å²) >= 11 is 1.56. The molecule has 30 heteroatoms. The fraction of sp³-hybridized carbons (Fsp3) is 0.695. The van der Waals surface area contributed by atoms with E-state index in [1.807, 2.05) is 4.90 Å². The minimum Gasteiger partial charge on any atom is -0.508 e. The molecule has 10 amide bonds. The van der Waals surface area contributed by atoms with E-state index in [0.717, 1.165) is 43.4 Å². The van der Waals surface area contributed by atoms with Gasteiger partial charge in [0.05, 0.1) is 60.4 Å². The number of fused-ring (bicyclic) bond motifs is 4. The summed E-state index contributed by atoms with van der Waals surface area (Å²) in [5, 5.41) is 62.1. The molecule has 3 fully saturated rings. The van der Waals surface area contributed by atoms with Crippen molar-refractivity contribution in [2.45, 2.75) is 182 Å². The Bertz CT molecular complexity index is 2870. The molecule has 2 aromatic rings. The number of nitrogens with one attached hydrogen (secondary N) is 8. The largest absolute Gasteiger partial charge is 0.508 e. The third kappa shape index (κ3) is 19.8. The number of aromatic amines is 1. The van der Waals surface area contributed by atoms with Crippen LogP contribution in [-0.2, 0) is 70.9 Å². The number of aromatic hydroxyl groups is 1. The highest BCUT2D eigenvalue weighted by Crippen LogP contribution is 2.38. The zero-order valence-corrected chi connectivity index (χ0v) is 53.0. The zero-order chi connectivity index (χ0) is 65.2. The number of nitrogens with zero attached hydrogens (tertiary/aromatic N) is 2. The van der Waals surface area contributed by atoms with Crippen molar-refractivity contribution < 1.29 is 72.6 Å². The van der Waals surface area contributed by atoms with Crippen LogP contribution in [0.1, 0.15) is 122 Å². The number of aliphatic hydroxyl groups excluding tert-OH is 3. The van der Waals surface area contributed by atoms with Gasteiger partial charge in [-0.15, -0.1) is 0 Å². The van der Waals surface area contributed by atoms with Gasteiger partial charge in [0, 0.05) is 78.9 Å². The topological polar surface area (TPSA) is 453 Å². The van der Waals surface area contributed by atoms with Gasteiger partial charge in [0.15, 0.2) is 0 Å². The number of hydrogen-bond acceptors (Lipinski definition) is 18. The number of nitrogens with two attached hydrogens (primary N) is 3. The van der Waals surface area contributed by atoms with Crippen molar-refractivity contribution in [2.75, 3.05) is 58.2 Å². The molecule has 1 aromatic heterocycles. The summed E-state index contributed by atoms with van der Waals surface area (Å²) in [4.78, 5) is 142. The average molecular weight is 1290 g/mol. The number of benzene rings is 1. The third-order valence-corrected chi connectivity index (χ3v) is 20.4. The molecule has 2 saturated heterocycles. The van der Waals surface area contributed by atoms with Gasteiger partial charge in [-0.2, -0.15) is 11.8 Å². The van der Waals surface area contributed by atoms with Gasteiger partial charge >= 0.3 is 0 Å². The third-order valence-electron chi connectivity index (χ3n) is 17.6. The second kappa shape index (κ2) is 34.1. The summed E-state index contributed by atoms with van der Waals surface area (Å²) in [6, 6.07) is -5.67. The molecule has 1 saturated carbocycles. The van der Waals surface area contributed by atoms with Crippen molar-refractivity contribution in [3.63, 3.8) is 0 Å². The quantitative estimate of drug-likeness (QED) is 0.0487. The van der Waals surface area contributed by atoms with E-state index < -0.39 is 157 Å². The molecule has 18 N–H and O–H groups in total. The standard InChI is InChI=1S/C59H93N13O15S2/c1-5-31(2)50(68-47(78)25-61)56(84)64-26-48(79)66-42-30-89(87)58-39(21-32(3)65-57(85)51(33(4)45(76)28-73)69-55(83)43-22-36(74)27-72(43)59(86)41(23-46(62)77)67-54(42)82)38-14-15-44(75)40(52(38)70-58)29-88-37-16-19-71(20-17-37)49(80)9-7-6-8-18-63-53(81)35-12-10-34(24-60)11-13-35/h14-15,31-37,41-43,45,50-51,70,73-76H,5-13,16-30,60-61H2,1-4H3,(H2,62,77)(H,63,81)(H,64,84)(H,65,85)(H,66,79)(H,67,82)(H,68,78)(H,69,83)/t31-,32+,33-,34?,35?,36+,41-,42?,43-,45-,50-,51-,89?/m0/s1. The molecule has 4 heterocycles. The monoisotopic (exact) mass is 1290 g/mol. The summed E-state index contributed by atoms with van der Waals surface area (Å²) in [6.07, 6.45) is 3.94. The normalized spacial score (nSPS) is 25.6. The maximum atomic E-state index is 15.2. The number of aromatic nitrogens is 1. The van der Waals surface area contributed by atoms with Gasteiger partial charge in [0.2, 0.25) is 59.1 Å². The predicted molar refractivity (Wildman–Crippen MR) is 331 cm³/mol. The van der Waals surface area contributed by atoms with Gasteiger partial charge in [-0.1, -0.05) is 33.6 Å². The van der Waals surface area contributed by atoms with Crippen LogP contribution in [0.5, 0.6) is 5.75 Å². The van der Waals surface area contributed by atoms with Crippen LogP contribution in [-0.4, -0.2) is 210 Å². The number of primary amides is 1. The minimum absolute atomic E-state index is 0.00334. The van der Waals surface area contributed by atoms with E-state index in [1.54, 1.807) is 38.6 Å². The highest BCUT2D eigenvalue weighted by atomic mass is 32.2. The Labute approximate surface area is 525 Å². The first kappa shape index (κ1) is 71.6. The molecule has 11 atom stereocenters. The number of phenols is 1. The molecule has 89 heavy (non-hydrogen) atoms. The van der Waals surface area contributed by atoms with Crippen LogP contribution in [0.3, 0.4) is 0 Å². The number of phenolic OH excluding ortho intramolecular Hbond substituents is 1. The molecule has 496 valence electrons. The molecule has 28 nitrogen and oxygen atoms in total. The Morgan fingerprint density at radius 1 is 0.899 bits per heavy atom. The molecule has 0 spiro atoms. The van der Waals surface area contributed by atoms with Gasteiger partial charge in [0.1, 0.15) is 41.0 Å². The number of rotatable bonds is 24. The number of hydrogen-bond donors (Lipinski definition) is 15. The number of carbonyl (C=O) groups excluding carboxylic acids is 10. The van der Waals surface area contributed by atoms with Crippen molar-refractivity contribution in [1.82, 2.24) is 52.0 Å². The second-order valence-electron chi connectivity index (χ2n) is 24.2. The second-order valence-corrected chi connectivity index (χ2v) is 26.9. The van der Waals surface area contributed by atoms with Gasteiger partial charge in [-0.3, -0.25) is 52.2 Å². The number of aliphatic hydroxyl groups is 3. The number of carbonyl (C=O) groups is 10. The van der Waals surface area contributed by atoms with Gasteiger partial charge < -0.3 is 89.6 Å². The SMILES string of the molecule is CC[C@H](C)[C@H](NC(=O)CN)C(=O)NCC(=O)NC1CS(=O)c2[nH]c3c(CSC4CCN(C(=O)CCCCCNC(=O)C5CCC(CN)CC5)CC4)c(O)ccc3c2C[C@@H](C)NC(=O)[C@H]([C@@H](C)[C@@H](O)CO)NC(=O)[C@@H]2C[C@@H](O)CN2C(=O)[C@H](CC(N)=O)NC1=O. The van der Waals surface area contributed by atoms with Crippen LogP contribution in [0.15, 0.2) is 17.2 Å². The van der Waals surface area contributed by atoms with Gasteiger partial charge in [0.25, 0.3) is 0 Å². The van der Waals surface area contributed by atoms with Crippen LogP contribution < -0.4 is 54.4 Å². The molecule has 6 rings (SSSR count). The summed E-state index contributed by atoms with van der Waals surface area (Å²) < 4.78 is 15.2. The first-order chi connectivity index (χ1) is 42.4. The van der Waals surface area contributed by atoms with Gasteiger partial charge in [-0.25, -0.2) is 0 Å². The Morgan fingerprint density at radius 3 is 2.26 bits per heavy atom. The Kier molecular flexibility index (Phi) is 27.5. The Hall–Kier alpha value is -6.44. The lowest BCUT2D eigenvalue weighted by Gasteiger charge is -2.32. The lowest BCUT2D eigenvalue weighted by molar-refractivity contribution is -0.144. The summed E-state index contributed by atoms with van der Waals surface area (Å²) in [6.45, 7) is 6.30. The van der Waals surface area contributed by atoms with Gasteiger partial charge in [-0.05, 0) is 101 Å². The predicted octanol–water partition coefficient (Wildman–Crippen LogP) is -2.41. The van der Waals surface area contributed by atoms with E-state index in [0.29, 0.717) is 86.2 Å². The number of thioether (sulfide) groups is 1. The number of amides is 10. The highest BCUT2D eigenvalue weighted by molar-refractivity contribution is 7.99. The first-order valence-electron chi connectivity index (χ1n) is 31.0. The van der Waals surface area contributed by atoms with Crippen molar-refractivity contribution >= 4 is 92.5 Å². The molecule has 0 radical (unpaired) electrons. The number of H-pyrrole nitrogens is 1. The minimum atomic E-state index is -2.34. The Morgan fingerprint density at radius 2 is 1.61 bits per heavy atom. The Balaban J connectivity index is 1.26.